The predicted molar refractivity (Wildman–Crippen MR) is 93.2 cm³/mol. The largest absolute Gasteiger partial charge is 0.469 e. The average molecular weight is 395 g/mol. The zero-order valence-electron chi connectivity index (χ0n) is 15.8. The lowest BCUT2D eigenvalue weighted by molar-refractivity contribution is -0.158. The molecule has 1 aromatic rings. The highest BCUT2D eigenvalue weighted by atomic mass is 16.5. The van der Waals surface area contributed by atoms with Gasteiger partial charge in [0.25, 0.3) is 5.91 Å². The van der Waals surface area contributed by atoms with Crippen molar-refractivity contribution >= 4 is 29.8 Å². The summed E-state index contributed by atoms with van der Waals surface area (Å²) in [6, 6.07) is 4.01. The van der Waals surface area contributed by atoms with Crippen LogP contribution in [0.25, 0.3) is 0 Å². The molecule has 0 saturated carbocycles. The van der Waals surface area contributed by atoms with Gasteiger partial charge in [-0.15, -0.1) is 0 Å². The molecule has 28 heavy (non-hydrogen) atoms. The first-order valence-corrected chi connectivity index (χ1v) is 8.00. The number of benzene rings is 1. The van der Waals surface area contributed by atoms with Crippen molar-refractivity contribution in [3.63, 3.8) is 0 Å². The van der Waals surface area contributed by atoms with Crippen LogP contribution in [0.1, 0.15) is 27.1 Å². The minimum absolute atomic E-state index is 0.0264. The number of esters is 4. The van der Waals surface area contributed by atoms with Crippen LogP contribution in [-0.2, 0) is 33.3 Å². The molecule has 0 fully saturated rings. The molecule has 152 valence electrons. The van der Waals surface area contributed by atoms with Gasteiger partial charge in [-0.3, -0.25) is 14.4 Å². The van der Waals surface area contributed by atoms with E-state index in [9.17, 15) is 24.0 Å². The fourth-order valence-electron chi connectivity index (χ4n) is 2.33. The SMILES string of the molecule is COC(=O)C[C@@H](C(=O)OC)[C@@H](NC(=O)c1cccc(C(=O)OC)c1)C(=O)OC. The lowest BCUT2D eigenvalue weighted by atomic mass is 9.95. The molecular weight excluding hydrogens is 374 g/mol. The van der Waals surface area contributed by atoms with Crippen LogP contribution in [0.3, 0.4) is 0 Å². The third kappa shape index (κ3) is 5.79. The van der Waals surface area contributed by atoms with Gasteiger partial charge in [-0.2, -0.15) is 0 Å². The normalized spacial score (nSPS) is 12.1. The van der Waals surface area contributed by atoms with E-state index in [1.165, 1.54) is 31.4 Å². The molecule has 1 amide bonds. The van der Waals surface area contributed by atoms with Crippen LogP contribution in [0.4, 0.5) is 0 Å². The molecule has 0 spiro atoms. The second kappa shape index (κ2) is 10.7. The van der Waals surface area contributed by atoms with E-state index in [-0.39, 0.29) is 11.1 Å². The van der Waals surface area contributed by atoms with E-state index in [1.54, 1.807) is 0 Å². The van der Waals surface area contributed by atoms with Gasteiger partial charge in [0.2, 0.25) is 0 Å². The van der Waals surface area contributed by atoms with E-state index in [2.05, 4.69) is 24.3 Å². The summed E-state index contributed by atoms with van der Waals surface area (Å²) >= 11 is 0. The Kier molecular flexibility index (Phi) is 8.60. The summed E-state index contributed by atoms with van der Waals surface area (Å²) in [5, 5.41) is 2.34. The molecule has 0 aliphatic carbocycles. The topological polar surface area (TPSA) is 134 Å². The van der Waals surface area contributed by atoms with Gasteiger partial charge in [0.15, 0.2) is 0 Å². The van der Waals surface area contributed by atoms with Gasteiger partial charge >= 0.3 is 23.9 Å². The molecule has 2 atom stereocenters. The van der Waals surface area contributed by atoms with E-state index in [1.807, 2.05) is 0 Å². The molecule has 0 heterocycles. The molecule has 0 bridgehead atoms. The summed E-state index contributed by atoms with van der Waals surface area (Å²) in [5.41, 5.74) is 0.141. The van der Waals surface area contributed by atoms with Crippen molar-refractivity contribution in [2.45, 2.75) is 12.5 Å². The third-order valence-electron chi connectivity index (χ3n) is 3.81. The Morgan fingerprint density at radius 1 is 0.857 bits per heavy atom. The first-order chi connectivity index (χ1) is 13.3. The number of nitrogens with one attached hydrogen (secondary N) is 1. The number of carbonyl (C=O) groups excluding carboxylic acids is 5. The summed E-state index contributed by atoms with van der Waals surface area (Å²) in [6.45, 7) is 0. The summed E-state index contributed by atoms with van der Waals surface area (Å²) in [4.78, 5) is 60.0. The van der Waals surface area contributed by atoms with Crippen molar-refractivity contribution in [1.29, 1.82) is 0 Å². The Balaban J connectivity index is 3.18. The van der Waals surface area contributed by atoms with Crippen LogP contribution in [0.2, 0.25) is 0 Å². The van der Waals surface area contributed by atoms with Crippen LogP contribution >= 0.6 is 0 Å². The Labute approximate surface area is 161 Å². The van der Waals surface area contributed by atoms with Gasteiger partial charge in [0.1, 0.15) is 6.04 Å². The van der Waals surface area contributed by atoms with Gasteiger partial charge in [0, 0.05) is 5.56 Å². The van der Waals surface area contributed by atoms with Gasteiger partial charge in [-0.25, -0.2) is 9.59 Å². The Hall–Kier alpha value is -3.43. The molecule has 0 saturated heterocycles. The van der Waals surface area contributed by atoms with Crippen LogP contribution in [0.15, 0.2) is 24.3 Å². The van der Waals surface area contributed by atoms with Crippen molar-refractivity contribution in [2.75, 3.05) is 28.4 Å². The van der Waals surface area contributed by atoms with E-state index in [4.69, 9.17) is 0 Å². The van der Waals surface area contributed by atoms with Crippen LogP contribution < -0.4 is 5.32 Å². The quantitative estimate of drug-likeness (QED) is 0.480. The Morgan fingerprint density at radius 2 is 1.46 bits per heavy atom. The van der Waals surface area contributed by atoms with E-state index in [0.29, 0.717) is 0 Å². The number of amides is 1. The summed E-state index contributed by atoms with van der Waals surface area (Å²) < 4.78 is 18.4. The highest BCUT2D eigenvalue weighted by Crippen LogP contribution is 2.16. The zero-order valence-corrected chi connectivity index (χ0v) is 15.8. The van der Waals surface area contributed by atoms with E-state index >= 15 is 0 Å². The molecule has 0 aromatic heterocycles. The van der Waals surface area contributed by atoms with Gasteiger partial charge in [-0.05, 0) is 18.2 Å². The first-order valence-electron chi connectivity index (χ1n) is 8.00. The third-order valence-corrected chi connectivity index (χ3v) is 3.81. The van der Waals surface area contributed by atoms with Crippen molar-refractivity contribution < 1.29 is 42.9 Å². The van der Waals surface area contributed by atoms with Crippen molar-refractivity contribution in [2.24, 2.45) is 5.92 Å². The average Bonchev–Trinajstić information content (AvgIpc) is 2.73. The standard InChI is InChI=1S/C18H21NO9/c1-25-13(20)9-12(17(23)27-3)14(18(24)28-4)19-15(21)10-6-5-7-11(8-10)16(22)26-2/h5-8,12,14H,9H2,1-4H3,(H,19,21)/t12-,14-/m1/s1. The maximum absolute atomic E-state index is 12.6. The van der Waals surface area contributed by atoms with Gasteiger partial charge < -0.3 is 24.3 Å². The maximum atomic E-state index is 12.6. The van der Waals surface area contributed by atoms with Crippen LogP contribution in [-0.4, -0.2) is 64.3 Å². The number of hydrogen-bond donors (Lipinski definition) is 1. The highest BCUT2D eigenvalue weighted by molar-refractivity contribution is 6.00. The van der Waals surface area contributed by atoms with Crippen molar-refractivity contribution in [3.05, 3.63) is 35.4 Å². The molecule has 1 rings (SSSR count). The molecule has 1 N–H and O–H groups in total. The summed E-state index contributed by atoms with van der Waals surface area (Å²) in [7, 11) is 4.44. The summed E-state index contributed by atoms with van der Waals surface area (Å²) in [5.74, 6) is -5.47. The highest BCUT2D eigenvalue weighted by Gasteiger charge is 2.38. The van der Waals surface area contributed by atoms with Crippen LogP contribution in [0.5, 0.6) is 0 Å². The molecule has 10 nitrogen and oxygen atoms in total. The van der Waals surface area contributed by atoms with E-state index in [0.717, 1.165) is 21.3 Å². The number of ether oxygens (including phenoxy) is 4. The van der Waals surface area contributed by atoms with Crippen molar-refractivity contribution in [1.82, 2.24) is 5.32 Å². The zero-order chi connectivity index (χ0) is 21.3. The smallest absolute Gasteiger partial charge is 0.337 e. The second-order valence-electron chi connectivity index (χ2n) is 5.46. The summed E-state index contributed by atoms with van der Waals surface area (Å²) in [6.07, 6.45) is -0.522. The molecule has 10 heteroatoms. The minimum Gasteiger partial charge on any atom is -0.469 e. The molecular formula is C18H21NO9. The molecule has 0 radical (unpaired) electrons. The first kappa shape index (κ1) is 22.6. The predicted octanol–water partition coefficient (Wildman–Crippen LogP) is 0.0969. The molecule has 0 unspecified atom stereocenters. The maximum Gasteiger partial charge on any atom is 0.337 e. The van der Waals surface area contributed by atoms with Crippen LogP contribution in [0, 0.1) is 5.92 Å². The van der Waals surface area contributed by atoms with Gasteiger partial charge in [-0.1, -0.05) is 6.07 Å². The lowest BCUT2D eigenvalue weighted by Crippen LogP contribution is -2.50. The Morgan fingerprint density at radius 3 is 2.00 bits per heavy atom. The van der Waals surface area contributed by atoms with Gasteiger partial charge in [0.05, 0.1) is 46.3 Å². The molecule has 1 aromatic carbocycles. The Bertz CT molecular complexity index is 759. The fraction of sp³-hybridized carbons (Fsp3) is 0.389. The lowest BCUT2D eigenvalue weighted by Gasteiger charge is -2.23. The second-order valence-corrected chi connectivity index (χ2v) is 5.46. The van der Waals surface area contributed by atoms with E-state index < -0.39 is 48.2 Å². The number of carbonyl (C=O) groups is 5. The fourth-order valence-corrected chi connectivity index (χ4v) is 2.33. The number of methoxy groups -OCH3 is 4. The molecule has 0 aliphatic rings. The van der Waals surface area contributed by atoms with Crippen molar-refractivity contribution in [3.8, 4) is 0 Å². The minimum atomic E-state index is -1.52. The number of rotatable bonds is 8. The molecule has 0 aliphatic heterocycles. The monoisotopic (exact) mass is 395 g/mol. The number of hydrogen-bond acceptors (Lipinski definition) is 9.